The number of hydrogen-bond donors (Lipinski definition) is 2. The molecule has 0 saturated carbocycles. The van der Waals surface area contributed by atoms with Crippen molar-refractivity contribution in [3.63, 3.8) is 0 Å². The molecule has 0 radical (unpaired) electrons. The number of rotatable bonds is 1. The summed E-state index contributed by atoms with van der Waals surface area (Å²) in [6.45, 7) is 3.98. The molecule has 15 heavy (non-hydrogen) atoms. The van der Waals surface area contributed by atoms with Crippen molar-refractivity contribution in [1.82, 2.24) is 10.9 Å². The fourth-order valence-electron chi connectivity index (χ4n) is 1.36. The maximum atomic E-state index is 5.16. The van der Waals surface area contributed by atoms with Crippen molar-refractivity contribution in [2.75, 3.05) is 0 Å². The maximum absolute atomic E-state index is 5.16. The Morgan fingerprint density at radius 3 is 2.40 bits per heavy atom. The van der Waals surface area contributed by atoms with Crippen molar-refractivity contribution in [3.05, 3.63) is 35.9 Å². The van der Waals surface area contributed by atoms with Gasteiger partial charge in [0.2, 0.25) is 0 Å². The third kappa shape index (κ3) is 1.99. The molecule has 0 amide bonds. The van der Waals surface area contributed by atoms with Crippen molar-refractivity contribution < 1.29 is 0 Å². The molecule has 1 aromatic rings. The summed E-state index contributed by atoms with van der Waals surface area (Å²) in [5.41, 5.74) is 6.69. The van der Waals surface area contributed by atoms with Crippen molar-refractivity contribution in [2.45, 2.75) is 19.4 Å². The molecule has 1 aromatic carbocycles. The smallest absolute Gasteiger partial charge is 0.148 e. The van der Waals surface area contributed by atoms with Crippen LogP contribution in [0.5, 0.6) is 0 Å². The molecule has 0 fully saturated rings. The largest absolute Gasteiger partial charge is 0.291 e. The lowest BCUT2D eigenvalue weighted by atomic mass is 10.1. The van der Waals surface area contributed by atoms with E-state index in [-0.39, 0.29) is 5.54 Å². The molecule has 0 unspecified atom stereocenters. The van der Waals surface area contributed by atoms with E-state index in [0.29, 0.717) is 4.99 Å². The normalized spacial score (nSPS) is 18.8. The van der Waals surface area contributed by atoms with Gasteiger partial charge in [-0.3, -0.25) is 15.8 Å². The molecule has 0 spiro atoms. The van der Waals surface area contributed by atoms with Crippen LogP contribution >= 0.6 is 12.2 Å². The van der Waals surface area contributed by atoms with Gasteiger partial charge < -0.3 is 0 Å². The number of thiocarbonyl (C=S) groups is 1. The Balaban J connectivity index is 2.37. The van der Waals surface area contributed by atoms with Crippen molar-refractivity contribution >= 4 is 23.0 Å². The second-order valence-corrected chi connectivity index (χ2v) is 4.37. The van der Waals surface area contributed by atoms with E-state index in [0.717, 1.165) is 11.4 Å². The minimum absolute atomic E-state index is 0.342. The van der Waals surface area contributed by atoms with E-state index in [9.17, 15) is 0 Å². The molecular formula is C11H13N3S. The molecule has 1 heterocycles. The highest BCUT2D eigenvalue weighted by Crippen LogP contribution is 2.15. The van der Waals surface area contributed by atoms with Gasteiger partial charge in [0, 0.05) is 5.56 Å². The van der Waals surface area contributed by atoms with Crippen LogP contribution in [0, 0.1) is 0 Å². The number of nitrogens with one attached hydrogen (secondary N) is 2. The molecule has 0 aliphatic carbocycles. The Labute approximate surface area is 94.6 Å². The average Bonchev–Trinajstić information content (AvgIpc) is 2.23. The molecule has 0 saturated heterocycles. The van der Waals surface area contributed by atoms with E-state index in [1.165, 1.54) is 0 Å². The number of hydrazine groups is 1. The number of benzene rings is 1. The van der Waals surface area contributed by atoms with E-state index in [4.69, 9.17) is 12.2 Å². The summed E-state index contributed by atoms with van der Waals surface area (Å²) in [7, 11) is 0. The predicted molar refractivity (Wildman–Crippen MR) is 65.9 cm³/mol. The van der Waals surface area contributed by atoms with Crippen molar-refractivity contribution in [2.24, 2.45) is 4.99 Å². The molecular weight excluding hydrogens is 206 g/mol. The molecule has 1 aliphatic heterocycles. The average molecular weight is 219 g/mol. The van der Waals surface area contributed by atoms with Crippen LogP contribution in [0.3, 0.4) is 0 Å². The Morgan fingerprint density at radius 1 is 1.13 bits per heavy atom. The molecule has 78 valence electrons. The SMILES string of the molecule is CC1(C)N=C(c2ccccc2)NNC1=S. The summed E-state index contributed by atoms with van der Waals surface area (Å²) in [6.07, 6.45) is 0. The number of amidine groups is 1. The number of aliphatic imine (C=N–C) groups is 1. The zero-order chi connectivity index (χ0) is 10.9. The topological polar surface area (TPSA) is 36.4 Å². The third-order valence-corrected chi connectivity index (χ3v) is 2.89. The van der Waals surface area contributed by atoms with Crippen molar-refractivity contribution in [1.29, 1.82) is 0 Å². The van der Waals surface area contributed by atoms with Crippen LogP contribution in [0.1, 0.15) is 19.4 Å². The summed E-state index contributed by atoms with van der Waals surface area (Å²) in [6, 6.07) is 9.98. The van der Waals surface area contributed by atoms with Gasteiger partial charge in [0.1, 0.15) is 16.4 Å². The highest BCUT2D eigenvalue weighted by molar-refractivity contribution is 7.80. The van der Waals surface area contributed by atoms with Gasteiger partial charge in [-0.25, -0.2) is 0 Å². The number of hydrogen-bond acceptors (Lipinski definition) is 3. The first kappa shape index (κ1) is 10.1. The Hall–Kier alpha value is -1.42. The van der Waals surface area contributed by atoms with Gasteiger partial charge in [0.05, 0.1) is 0 Å². The second kappa shape index (κ2) is 3.62. The van der Waals surface area contributed by atoms with Crippen LogP contribution in [0.4, 0.5) is 0 Å². The van der Waals surface area contributed by atoms with Gasteiger partial charge in [-0.05, 0) is 13.8 Å². The lowest BCUT2D eigenvalue weighted by Gasteiger charge is -2.29. The summed E-state index contributed by atoms with van der Waals surface area (Å²) < 4.78 is 0. The van der Waals surface area contributed by atoms with Crippen LogP contribution in [-0.2, 0) is 0 Å². The Morgan fingerprint density at radius 2 is 1.80 bits per heavy atom. The van der Waals surface area contributed by atoms with Crippen LogP contribution in [0.2, 0.25) is 0 Å². The summed E-state index contributed by atoms with van der Waals surface area (Å²) in [5, 5.41) is 0. The molecule has 0 aromatic heterocycles. The van der Waals surface area contributed by atoms with Gasteiger partial charge >= 0.3 is 0 Å². The number of nitrogens with zero attached hydrogens (tertiary/aromatic N) is 1. The molecule has 0 atom stereocenters. The van der Waals surface area contributed by atoms with E-state index in [1.54, 1.807) is 0 Å². The zero-order valence-corrected chi connectivity index (χ0v) is 9.56. The first-order valence-electron chi connectivity index (χ1n) is 4.81. The maximum Gasteiger partial charge on any atom is 0.148 e. The summed E-state index contributed by atoms with van der Waals surface area (Å²) >= 11 is 5.16. The third-order valence-electron chi connectivity index (χ3n) is 2.29. The van der Waals surface area contributed by atoms with E-state index in [1.807, 2.05) is 44.2 Å². The molecule has 1 aliphatic rings. The van der Waals surface area contributed by atoms with E-state index >= 15 is 0 Å². The minimum Gasteiger partial charge on any atom is -0.291 e. The lowest BCUT2D eigenvalue weighted by molar-refractivity contribution is 0.632. The Kier molecular flexibility index (Phi) is 2.44. The van der Waals surface area contributed by atoms with Gasteiger partial charge in [0.25, 0.3) is 0 Å². The van der Waals surface area contributed by atoms with Crippen LogP contribution < -0.4 is 10.9 Å². The van der Waals surface area contributed by atoms with E-state index < -0.39 is 0 Å². The zero-order valence-electron chi connectivity index (χ0n) is 8.74. The fraction of sp³-hybridized carbons (Fsp3) is 0.273. The van der Waals surface area contributed by atoms with Gasteiger partial charge in [-0.2, -0.15) is 0 Å². The molecule has 3 nitrogen and oxygen atoms in total. The fourth-order valence-corrected chi connectivity index (χ4v) is 1.46. The minimum atomic E-state index is -0.342. The van der Waals surface area contributed by atoms with Crippen LogP contribution in [0.15, 0.2) is 35.3 Å². The first-order valence-corrected chi connectivity index (χ1v) is 5.22. The van der Waals surface area contributed by atoms with Crippen LogP contribution in [0.25, 0.3) is 0 Å². The highest BCUT2D eigenvalue weighted by atomic mass is 32.1. The highest BCUT2D eigenvalue weighted by Gasteiger charge is 2.27. The van der Waals surface area contributed by atoms with Gasteiger partial charge in [0.15, 0.2) is 0 Å². The molecule has 2 rings (SSSR count). The summed E-state index contributed by atoms with van der Waals surface area (Å²) in [4.78, 5) is 5.28. The lowest BCUT2D eigenvalue weighted by Crippen LogP contribution is -2.54. The van der Waals surface area contributed by atoms with Crippen LogP contribution in [-0.4, -0.2) is 16.4 Å². The molecule has 2 N–H and O–H groups in total. The molecule has 4 heteroatoms. The standard InChI is InChI=1S/C11H13N3S/c1-11(2)10(15)14-13-9(12-11)8-6-4-3-5-7-8/h3-7H,1-2H3,(H,12,13)(H,14,15). The summed E-state index contributed by atoms with van der Waals surface area (Å²) in [5.74, 6) is 0.828. The predicted octanol–water partition coefficient (Wildman–Crippen LogP) is 1.65. The van der Waals surface area contributed by atoms with Gasteiger partial charge in [-0.15, -0.1) is 0 Å². The Bertz CT molecular complexity index is 409. The van der Waals surface area contributed by atoms with E-state index in [2.05, 4.69) is 15.8 Å². The van der Waals surface area contributed by atoms with Crippen molar-refractivity contribution in [3.8, 4) is 0 Å². The monoisotopic (exact) mass is 219 g/mol. The molecule has 0 bridgehead atoms. The first-order chi connectivity index (χ1) is 7.09. The quantitative estimate of drug-likeness (QED) is 0.705. The van der Waals surface area contributed by atoms with Gasteiger partial charge in [-0.1, -0.05) is 42.5 Å². The second-order valence-electron chi connectivity index (χ2n) is 3.96.